The van der Waals surface area contributed by atoms with Crippen molar-refractivity contribution in [1.29, 1.82) is 0 Å². The summed E-state index contributed by atoms with van der Waals surface area (Å²) in [7, 11) is 0. The second-order valence-corrected chi connectivity index (χ2v) is 5.31. The third-order valence-corrected chi connectivity index (χ3v) is 4.08. The van der Waals surface area contributed by atoms with Gasteiger partial charge in [0.2, 0.25) is 5.91 Å². The molecule has 0 aliphatic carbocycles. The van der Waals surface area contributed by atoms with E-state index in [1.165, 1.54) is 6.07 Å². The molecule has 3 unspecified atom stereocenters. The van der Waals surface area contributed by atoms with Gasteiger partial charge in [0.25, 0.3) is 0 Å². The van der Waals surface area contributed by atoms with E-state index >= 15 is 0 Å². The summed E-state index contributed by atoms with van der Waals surface area (Å²) >= 11 is 0. The summed E-state index contributed by atoms with van der Waals surface area (Å²) in [6.45, 7) is 0. The van der Waals surface area contributed by atoms with Crippen LogP contribution >= 0.6 is 0 Å². The van der Waals surface area contributed by atoms with Gasteiger partial charge in [-0.2, -0.15) is 0 Å². The normalized spacial score (nSPS) is 30.6. The van der Waals surface area contributed by atoms with Gasteiger partial charge >= 0.3 is 0 Å². The molecule has 0 spiro atoms. The zero-order valence-electron chi connectivity index (χ0n) is 10.4. The zero-order valence-corrected chi connectivity index (χ0v) is 10.4. The number of halogens is 2. The highest BCUT2D eigenvalue weighted by atomic mass is 19.2. The van der Waals surface area contributed by atoms with Gasteiger partial charge in [0.1, 0.15) is 0 Å². The van der Waals surface area contributed by atoms with Crippen molar-refractivity contribution < 1.29 is 18.7 Å². The predicted octanol–water partition coefficient (Wildman–Crippen LogP) is 2.15. The first-order valence-corrected chi connectivity index (χ1v) is 6.50. The first-order valence-electron chi connectivity index (χ1n) is 6.50. The number of hydrogen-bond donors (Lipinski definition) is 1. The Hall–Kier alpha value is -1.49. The van der Waals surface area contributed by atoms with Crippen LogP contribution in [-0.2, 0) is 4.79 Å². The summed E-state index contributed by atoms with van der Waals surface area (Å²) in [5, 5.41) is 9.89. The van der Waals surface area contributed by atoms with E-state index in [1.54, 1.807) is 4.90 Å². The zero-order chi connectivity index (χ0) is 13.6. The van der Waals surface area contributed by atoms with Crippen molar-refractivity contribution in [3.63, 3.8) is 0 Å². The molecule has 1 aromatic carbocycles. The second kappa shape index (κ2) is 4.56. The van der Waals surface area contributed by atoms with Gasteiger partial charge in [0.15, 0.2) is 11.6 Å². The summed E-state index contributed by atoms with van der Waals surface area (Å²) in [6.07, 6.45) is 1.66. The van der Waals surface area contributed by atoms with Crippen molar-refractivity contribution in [2.45, 2.75) is 43.9 Å². The minimum Gasteiger partial charge on any atom is -0.393 e. The van der Waals surface area contributed by atoms with Crippen molar-refractivity contribution in [2.75, 3.05) is 0 Å². The quantitative estimate of drug-likeness (QED) is 0.847. The molecule has 3 atom stereocenters. The number of aliphatic hydroxyl groups excluding tert-OH is 1. The Morgan fingerprint density at radius 3 is 2.74 bits per heavy atom. The number of rotatable bonds is 1. The Morgan fingerprint density at radius 2 is 2.00 bits per heavy atom. The fourth-order valence-electron chi connectivity index (χ4n) is 3.22. The van der Waals surface area contributed by atoms with E-state index in [-0.39, 0.29) is 18.0 Å². The van der Waals surface area contributed by atoms with Gasteiger partial charge in [-0.3, -0.25) is 4.79 Å². The molecule has 3 nitrogen and oxygen atoms in total. The van der Waals surface area contributed by atoms with Crippen LogP contribution in [0.4, 0.5) is 8.78 Å². The summed E-state index contributed by atoms with van der Waals surface area (Å²) < 4.78 is 26.3. The molecule has 2 saturated heterocycles. The highest BCUT2D eigenvalue weighted by Crippen LogP contribution is 2.40. The van der Waals surface area contributed by atoms with Crippen molar-refractivity contribution >= 4 is 5.91 Å². The molecule has 2 heterocycles. The molecule has 0 saturated carbocycles. The van der Waals surface area contributed by atoms with Crippen LogP contribution in [0.2, 0.25) is 0 Å². The molecule has 2 fully saturated rings. The first kappa shape index (κ1) is 12.5. The number of carbonyl (C=O) groups is 1. The van der Waals surface area contributed by atoms with Crippen LogP contribution in [0.15, 0.2) is 18.2 Å². The maximum Gasteiger partial charge on any atom is 0.223 e. The number of nitrogens with zero attached hydrogens (tertiary/aromatic N) is 1. The third kappa shape index (κ3) is 2.12. The van der Waals surface area contributed by atoms with E-state index in [2.05, 4.69) is 0 Å². The Kier molecular flexibility index (Phi) is 3.01. The molecular formula is C14H15F2NO2. The number of amides is 1. The highest BCUT2D eigenvalue weighted by Gasteiger charge is 2.42. The molecule has 0 radical (unpaired) electrons. The van der Waals surface area contributed by atoms with Gasteiger partial charge in [-0.1, -0.05) is 6.07 Å². The van der Waals surface area contributed by atoms with Gasteiger partial charge in [-0.05, 0) is 37.0 Å². The van der Waals surface area contributed by atoms with Crippen molar-refractivity contribution in [2.24, 2.45) is 0 Å². The highest BCUT2D eigenvalue weighted by molar-refractivity contribution is 5.79. The molecule has 2 aliphatic heterocycles. The van der Waals surface area contributed by atoms with E-state index in [0.29, 0.717) is 24.8 Å². The number of benzene rings is 1. The lowest BCUT2D eigenvalue weighted by molar-refractivity contribution is -0.134. The van der Waals surface area contributed by atoms with Crippen molar-refractivity contribution in [1.82, 2.24) is 4.90 Å². The SMILES string of the molecule is O=C1CCC2CC(O)CC(c3ccc(F)c(F)c3)N12. The molecule has 2 aliphatic rings. The molecule has 102 valence electrons. The standard InChI is InChI=1S/C14H15F2NO2/c15-11-3-1-8(5-12(11)16)13-7-10(18)6-9-2-4-14(19)17(9)13/h1,3,5,9-10,13,18H,2,4,6-7H2. The Balaban J connectivity index is 1.96. The molecule has 0 aromatic heterocycles. The molecule has 3 rings (SSSR count). The van der Waals surface area contributed by atoms with Crippen LogP contribution in [0, 0.1) is 11.6 Å². The van der Waals surface area contributed by atoms with E-state index in [1.807, 2.05) is 0 Å². The fraction of sp³-hybridized carbons (Fsp3) is 0.500. The van der Waals surface area contributed by atoms with Gasteiger partial charge in [-0.25, -0.2) is 8.78 Å². The second-order valence-electron chi connectivity index (χ2n) is 5.31. The molecule has 1 N–H and O–H groups in total. The van der Waals surface area contributed by atoms with Crippen LogP contribution < -0.4 is 0 Å². The summed E-state index contributed by atoms with van der Waals surface area (Å²) in [5.74, 6) is -1.78. The number of aliphatic hydroxyl groups is 1. The molecular weight excluding hydrogens is 252 g/mol. The fourth-order valence-corrected chi connectivity index (χ4v) is 3.22. The van der Waals surface area contributed by atoms with Gasteiger partial charge in [-0.15, -0.1) is 0 Å². The van der Waals surface area contributed by atoms with Crippen LogP contribution in [-0.4, -0.2) is 28.1 Å². The Bertz CT molecular complexity index is 520. The van der Waals surface area contributed by atoms with Crippen molar-refractivity contribution in [3.8, 4) is 0 Å². The van der Waals surface area contributed by atoms with Crippen molar-refractivity contribution in [3.05, 3.63) is 35.4 Å². The average molecular weight is 267 g/mol. The molecule has 19 heavy (non-hydrogen) atoms. The Morgan fingerprint density at radius 1 is 1.21 bits per heavy atom. The van der Waals surface area contributed by atoms with Gasteiger partial charge in [0.05, 0.1) is 12.1 Å². The largest absolute Gasteiger partial charge is 0.393 e. The van der Waals surface area contributed by atoms with Gasteiger partial charge < -0.3 is 10.0 Å². The van der Waals surface area contributed by atoms with E-state index in [9.17, 15) is 18.7 Å². The predicted molar refractivity (Wildman–Crippen MR) is 64.2 cm³/mol. The lowest BCUT2D eigenvalue weighted by atomic mass is 9.90. The van der Waals surface area contributed by atoms with E-state index < -0.39 is 17.7 Å². The smallest absolute Gasteiger partial charge is 0.223 e. The van der Waals surface area contributed by atoms with Crippen LogP contribution in [0.1, 0.15) is 37.3 Å². The Labute approximate surface area is 109 Å². The summed E-state index contributed by atoms with van der Waals surface area (Å²) in [5.41, 5.74) is 0.554. The number of hydrogen-bond acceptors (Lipinski definition) is 2. The molecule has 5 heteroatoms. The maximum absolute atomic E-state index is 13.3. The maximum atomic E-state index is 13.3. The lowest BCUT2D eigenvalue weighted by Crippen LogP contribution is -2.44. The monoisotopic (exact) mass is 267 g/mol. The topological polar surface area (TPSA) is 40.5 Å². The summed E-state index contributed by atoms with van der Waals surface area (Å²) in [6, 6.07) is 3.36. The van der Waals surface area contributed by atoms with Crippen LogP contribution in [0.3, 0.4) is 0 Å². The minimum atomic E-state index is -0.916. The number of carbonyl (C=O) groups excluding carboxylic acids is 1. The van der Waals surface area contributed by atoms with Crippen LogP contribution in [0.5, 0.6) is 0 Å². The van der Waals surface area contributed by atoms with Gasteiger partial charge in [0, 0.05) is 12.5 Å². The lowest BCUT2D eigenvalue weighted by Gasteiger charge is -2.40. The summed E-state index contributed by atoms with van der Waals surface area (Å²) in [4.78, 5) is 13.7. The van der Waals surface area contributed by atoms with E-state index in [4.69, 9.17) is 0 Å². The molecule has 1 amide bonds. The average Bonchev–Trinajstić information content (AvgIpc) is 2.73. The number of piperidine rings is 1. The molecule has 0 bridgehead atoms. The van der Waals surface area contributed by atoms with Crippen LogP contribution in [0.25, 0.3) is 0 Å². The first-order chi connectivity index (χ1) is 9.06. The third-order valence-electron chi connectivity index (χ3n) is 4.08. The van der Waals surface area contributed by atoms with E-state index in [0.717, 1.165) is 18.6 Å². The molecule has 1 aromatic rings. The minimum absolute atomic E-state index is 0.0226. The number of fused-ring (bicyclic) bond motifs is 1.